The number of nitrogens with one attached hydrogen (secondary N) is 1. The lowest BCUT2D eigenvalue weighted by Gasteiger charge is -2.55. The topological polar surface area (TPSA) is 96.6 Å². The summed E-state index contributed by atoms with van der Waals surface area (Å²) in [6.07, 6.45) is 5.14. The number of amides is 1. The van der Waals surface area contributed by atoms with E-state index in [0.717, 1.165) is 19.3 Å². The van der Waals surface area contributed by atoms with Gasteiger partial charge in [-0.15, -0.1) is 0 Å². The molecule has 1 aromatic rings. The first-order chi connectivity index (χ1) is 11.5. The van der Waals surface area contributed by atoms with Crippen molar-refractivity contribution in [3.8, 4) is 0 Å². The van der Waals surface area contributed by atoms with Crippen molar-refractivity contribution in [3.63, 3.8) is 0 Å². The molecule has 1 fully saturated rings. The summed E-state index contributed by atoms with van der Waals surface area (Å²) >= 11 is 0. The summed E-state index contributed by atoms with van der Waals surface area (Å²) in [4.78, 5) is 12.5. The second-order valence-corrected chi connectivity index (χ2v) is 6.43. The number of hydrogen-bond donors (Lipinski definition) is 3. The molecule has 1 aliphatic carbocycles. The van der Waals surface area contributed by atoms with Crippen molar-refractivity contribution in [2.24, 2.45) is 5.41 Å². The first-order valence-electron chi connectivity index (χ1n) is 8.74. The summed E-state index contributed by atoms with van der Waals surface area (Å²) in [7, 11) is 0. The molecule has 7 nitrogen and oxygen atoms in total. The number of ether oxygens (including phenoxy) is 1. The number of aliphatic hydroxyl groups excluding tert-OH is 2. The fourth-order valence-electron chi connectivity index (χ4n) is 3.68. The van der Waals surface area contributed by atoms with E-state index >= 15 is 0 Å². The van der Waals surface area contributed by atoms with Gasteiger partial charge in [-0.1, -0.05) is 13.8 Å². The normalized spacial score (nSPS) is 23.5. The predicted molar refractivity (Wildman–Crippen MR) is 89.6 cm³/mol. The first kappa shape index (κ1) is 18.9. The second kappa shape index (κ2) is 8.09. The van der Waals surface area contributed by atoms with Crippen molar-refractivity contribution in [1.82, 2.24) is 15.1 Å². The number of aliphatic hydroxyl groups is 2. The van der Waals surface area contributed by atoms with Crippen LogP contribution in [0.2, 0.25) is 0 Å². The molecule has 0 aliphatic heterocycles. The van der Waals surface area contributed by atoms with E-state index in [-0.39, 0.29) is 36.6 Å². The molecule has 0 spiro atoms. The monoisotopic (exact) mass is 339 g/mol. The third-order valence-corrected chi connectivity index (χ3v) is 5.28. The highest BCUT2D eigenvalue weighted by Gasteiger charge is 2.53. The van der Waals surface area contributed by atoms with Crippen LogP contribution in [0.15, 0.2) is 12.4 Å². The van der Waals surface area contributed by atoms with E-state index < -0.39 is 6.10 Å². The maximum Gasteiger partial charge on any atom is 0.254 e. The average molecular weight is 339 g/mol. The van der Waals surface area contributed by atoms with Crippen LogP contribution in [0.1, 0.15) is 50.4 Å². The Morgan fingerprint density at radius 1 is 1.50 bits per heavy atom. The van der Waals surface area contributed by atoms with Gasteiger partial charge in [0.05, 0.1) is 37.1 Å². The van der Waals surface area contributed by atoms with Gasteiger partial charge in [-0.3, -0.25) is 9.48 Å². The number of rotatable bonds is 9. The highest BCUT2D eigenvalue weighted by atomic mass is 16.5. The van der Waals surface area contributed by atoms with Crippen molar-refractivity contribution in [2.45, 2.75) is 64.8 Å². The van der Waals surface area contributed by atoms with Gasteiger partial charge in [0.25, 0.3) is 5.91 Å². The van der Waals surface area contributed by atoms with E-state index in [1.807, 2.05) is 6.92 Å². The molecule has 24 heavy (non-hydrogen) atoms. The molecule has 1 heterocycles. The largest absolute Gasteiger partial charge is 0.394 e. The van der Waals surface area contributed by atoms with E-state index in [1.165, 1.54) is 10.9 Å². The Labute approximate surface area is 143 Å². The van der Waals surface area contributed by atoms with E-state index in [2.05, 4.69) is 24.3 Å². The van der Waals surface area contributed by atoms with Crippen molar-refractivity contribution in [1.29, 1.82) is 0 Å². The summed E-state index contributed by atoms with van der Waals surface area (Å²) in [6.45, 7) is 6.79. The third kappa shape index (κ3) is 3.63. The van der Waals surface area contributed by atoms with Gasteiger partial charge in [-0.2, -0.15) is 5.10 Å². The molecule has 3 atom stereocenters. The minimum absolute atomic E-state index is 0.00521. The Balaban J connectivity index is 1.99. The number of nitrogens with zero attached hydrogens (tertiary/aromatic N) is 2. The van der Waals surface area contributed by atoms with Crippen molar-refractivity contribution in [2.75, 3.05) is 13.2 Å². The van der Waals surface area contributed by atoms with Gasteiger partial charge < -0.3 is 20.3 Å². The highest BCUT2D eigenvalue weighted by molar-refractivity contribution is 5.94. The van der Waals surface area contributed by atoms with Crippen molar-refractivity contribution >= 4 is 5.91 Å². The zero-order valence-electron chi connectivity index (χ0n) is 14.7. The van der Waals surface area contributed by atoms with Gasteiger partial charge in [0, 0.05) is 24.3 Å². The number of aromatic nitrogens is 2. The van der Waals surface area contributed by atoms with Gasteiger partial charge in [-0.05, 0) is 26.2 Å². The SMILES string of the molecule is CCO[C@@H]1C[C@@H](NC(=O)c2cnn(C[C@@H](O)CO)c2)C1(CC)CC. The summed E-state index contributed by atoms with van der Waals surface area (Å²) in [5.41, 5.74) is 0.454. The van der Waals surface area contributed by atoms with Crippen LogP contribution in [0.25, 0.3) is 0 Å². The summed E-state index contributed by atoms with van der Waals surface area (Å²) in [6, 6.07) is 0.0999. The molecular formula is C17H29N3O4. The number of carbonyl (C=O) groups excluding carboxylic acids is 1. The molecular weight excluding hydrogens is 310 g/mol. The lowest BCUT2D eigenvalue weighted by molar-refractivity contribution is -0.134. The minimum Gasteiger partial charge on any atom is -0.394 e. The molecule has 1 amide bonds. The zero-order chi connectivity index (χ0) is 17.7. The Hall–Kier alpha value is -1.44. The van der Waals surface area contributed by atoms with Crippen LogP contribution in [0.3, 0.4) is 0 Å². The Kier molecular flexibility index (Phi) is 6.37. The molecule has 1 aromatic heterocycles. The van der Waals surface area contributed by atoms with E-state index in [1.54, 1.807) is 6.20 Å². The molecule has 3 N–H and O–H groups in total. The molecule has 0 bridgehead atoms. The van der Waals surface area contributed by atoms with Crippen LogP contribution < -0.4 is 5.32 Å². The van der Waals surface area contributed by atoms with Crippen LogP contribution >= 0.6 is 0 Å². The van der Waals surface area contributed by atoms with Crippen LogP contribution in [0.5, 0.6) is 0 Å². The smallest absolute Gasteiger partial charge is 0.254 e. The van der Waals surface area contributed by atoms with E-state index in [0.29, 0.717) is 12.2 Å². The lowest BCUT2D eigenvalue weighted by Crippen LogP contribution is -2.64. The zero-order valence-corrected chi connectivity index (χ0v) is 14.7. The lowest BCUT2D eigenvalue weighted by atomic mass is 9.58. The molecule has 7 heteroatoms. The Bertz CT molecular complexity index is 542. The van der Waals surface area contributed by atoms with Gasteiger partial charge in [0.1, 0.15) is 0 Å². The minimum atomic E-state index is -0.882. The maximum absolute atomic E-state index is 12.5. The van der Waals surface area contributed by atoms with Crippen LogP contribution in [0, 0.1) is 5.41 Å². The molecule has 136 valence electrons. The molecule has 0 saturated heterocycles. The van der Waals surface area contributed by atoms with Crippen molar-refractivity contribution < 1.29 is 19.7 Å². The summed E-state index contributed by atoms with van der Waals surface area (Å²) in [5.74, 6) is -0.161. The van der Waals surface area contributed by atoms with Gasteiger partial charge >= 0.3 is 0 Å². The fraction of sp³-hybridized carbons (Fsp3) is 0.765. The fourth-order valence-corrected chi connectivity index (χ4v) is 3.68. The molecule has 2 rings (SSSR count). The quantitative estimate of drug-likeness (QED) is 0.622. The van der Waals surface area contributed by atoms with Gasteiger partial charge in [0.2, 0.25) is 0 Å². The number of carbonyl (C=O) groups is 1. The summed E-state index contributed by atoms with van der Waals surface area (Å²) in [5, 5.41) is 25.5. The molecule has 0 radical (unpaired) electrons. The molecule has 1 saturated carbocycles. The van der Waals surface area contributed by atoms with Crippen molar-refractivity contribution in [3.05, 3.63) is 18.0 Å². The second-order valence-electron chi connectivity index (χ2n) is 6.43. The number of hydrogen-bond acceptors (Lipinski definition) is 5. The average Bonchev–Trinajstić information content (AvgIpc) is 3.03. The maximum atomic E-state index is 12.5. The van der Waals surface area contributed by atoms with Gasteiger partial charge in [0.15, 0.2) is 0 Å². The summed E-state index contributed by atoms with van der Waals surface area (Å²) < 4.78 is 7.30. The molecule has 0 aromatic carbocycles. The Morgan fingerprint density at radius 3 is 2.79 bits per heavy atom. The molecule has 1 aliphatic rings. The van der Waals surface area contributed by atoms with E-state index in [4.69, 9.17) is 9.84 Å². The third-order valence-electron chi connectivity index (χ3n) is 5.28. The van der Waals surface area contributed by atoms with Gasteiger partial charge in [-0.25, -0.2) is 0 Å². The van der Waals surface area contributed by atoms with Crippen LogP contribution in [-0.2, 0) is 11.3 Å². The predicted octanol–water partition coefficient (Wildman–Crippen LogP) is 0.950. The Morgan fingerprint density at radius 2 is 2.21 bits per heavy atom. The van der Waals surface area contributed by atoms with E-state index in [9.17, 15) is 9.90 Å². The van der Waals surface area contributed by atoms with Crippen LogP contribution in [0.4, 0.5) is 0 Å². The first-order valence-corrected chi connectivity index (χ1v) is 8.74. The molecule has 0 unspecified atom stereocenters. The standard InChI is InChI=1S/C17H29N3O4/c1-4-17(5-2)14(7-15(17)24-6-3)19-16(23)12-8-18-20(9-12)10-13(22)11-21/h8-9,13-15,21-22H,4-7,10-11H2,1-3H3,(H,19,23)/t13-,14-,15-/m1/s1. The highest BCUT2D eigenvalue weighted by Crippen LogP contribution is 2.48. The van der Waals surface area contributed by atoms with Crippen LogP contribution in [-0.4, -0.2) is 57.4 Å².